The summed E-state index contributed by atoms with van der Waals surface area (Å²) in [6.07, 6.45) is 5.90. The monoisotopic (exact) mass is 248 g/mol. The summed E-state index contributed by atoms with van der Waals surface area (Å²) in [6, 6.07) is 0. The number of hydrogen-bond acceptors (Lipinski definition) is 4. The van der Waals surface area contributed by atoms with Gasteiger partial charge in [0.25, 0.3) is 0 Å². The molecule has 2 N–H and O–H groups in total. The standard InChI is InChI=1S/C12H16N4S/c1-8(2)11-14-9(6-16(11)3)4-5-10-7-17-12(13)15-10/h4-8H,1-3H3,(H2,13,15)/b5-4+. The Balaban J connectivity index is 2.19. The Morgan fingerprint density at radius 1 is 1.29 bits per heavy atom. The highest BCUT2D eigenvalue weighted by molar-refractivity contribution is 7.13. The van der Waals surface area contributed by atoms with Gasteiger partial charge >= 0.3 is 0 Å². The van der Waals surface area contributed by atoms with Crippen LogP contribution in [-0.2, 0) is 7.05 Å². The highest BCUT2D eigenvalue weighted by Crippen LogP contribution is 2.16. The summed E-state index contributed by atoms with van der Waals surface area (Å²) in [4.78, 5) is 8.72. The molecule has 0 unspecified atom stereocenters. The van der Waals surface area contributed by atoms with Crippen molar-refractivity contribution in [2.75, 3.05) is 5.73 Å². The molecule has 0 atom stereocenters. The highest BCUT2D eigenvalue weighted by atomic mass is 32.1. The van der Waals surface area contributed by atoms with E-state index in [0.717, 1.165) is 17.2 Å². The minimum absolute atomic E-state index is 0.428. The molecule has 2 heterocycles. The second-order valence-corrected chi connectivity index (χ2v) is 5.12. The number of anilines is 1. The summed E-state index contributed by atoms with van der Waals surface area (Å²) in [5.41, 5.74) is 7.40. The van der Waals surface area contributed by atoms with Crippen LogP contribution >= 0.6 is 11.3 Å². The van der Waals surface area contributed by atoms with Crippen LogP contribution in [0.3, 0.4) is 0 Å². The van der Waals surface area contributed by atoms with Gasteiger partial charge < -0.3 is 10.3 Å². The quantitative estimate of drug-likeness (QED) is 0.908. The molecule has 0 fully saturated rings. The van der Waals surface area contributed by atoms with Crippen LogP contribution in [0.5, 0.6) is 0 Å². The maximum absolute atomic E-state index is 5.57. The molecule has 0 aliphatic rings. The second-order valence-electron chi connectivity index (χ2n) is 4.23. The first-order valence-corrected chi connectivity index (χ1v) is 6.36. The number of nitrogens with zero attached hydrogens (tertiary/aromatic N) is 3. The topological polar surface area (TPSA) is 56.7 Å². The Kier molecular flexibility index (Phi) is 3.28. The zero-order valence-corrected chi connectivity index (χ0v) is 11.0. The minimum atomic E-state index is 0.428. The fourth-order valence-electron chi connectivity index (χ4n) is 1.67. The predicted molar refractivity (Wildman–Crippen MR) is 72.8 cm³/mol. The maximum Gasteiger partial charge on any atom is 0.180 e. The number of hydrogen-bond donors (Lipinski definition) is 1. The Bertz CT molecular complexity index is 536. The van der Waals surface area contributed by atoms with Gasteiger partial charge in [0.15, 0.2) is 5.13 Å². The molecular weight excluding hydrogens is 232 g/mol. The van der Waals surface area contributed by atoms with Gasteiger partial charge in [-0.3, -0.25) is 0 Å². The molecule has 0 amide bonds. The number of imidazole rings is 1. The molecule has 4 nitrogen and oxygen atoms in total. The molecule has 0 aliphatic heterocycles. The third-order valence-electron chi connectivity index (χ3n) is 2.41. The van der Waals surface area contributed by atoms with Crippen molar-refractivity contribution in [2.45, 2.75) is 19.8 Å². The first kappa shape index (κ1) is 11.9. The molecular formula is C12H16N4S. The van der Waals surface area contributed by atoms with Crippen LogP contribution in [0.25, 0.3) is 12.2 Å². The average molecular weight is 248 g/mol. The molecule has 0 saturated carbocycles. The van der Waals surface area contributed by atoms with Crippen LogP contribution in [0, 0.1) is 0 Å². The highest BCUT2D eigenvalue weighted by Gasteiger charge is 2.06. The average Bonchev–Trinajstić information content (AvgIpc) is 2.82. The van der Waals surface area contributed by atoms with Crippen LogP contribution < -0.4 is 5.73 Å². The van der Waals surface area contributed by atoms with Gasteiger partial charge in [0.2, 0.25) is 0 Å². The van der Waals surface area contributed by atoms with Crippen molar-refractivity contribution in [2.24, 2.45) is 7.05 Å². The fraction of sp³-hybridized carbons (Fsp3) is 0.333. The first-order chi connectivity index (χ1) is 8.06. The summed E-state index contributed by atoms with van der Waals surface area (Å²) >= 11 is 1.44. The van der Waals surface area contributed by atoms with Crippen LogP contribution in [0.2, 0.25) is 0 Å². The number of nitrogens with two attached hydrogens (primary N) is 1. The van der Waals surface area contributed by atoms with Crippen molar-refractivity contribution in [3.05, 3.63) is 28.8 Å². The van der Waals surface area contributed by atoms with Crippen molar-refractivity contribution in [3.8, 4) is 0 Å². The van der Waals surface area contributed by atoms with Crippen LogP contribution in [0.15, 0.2) is 11.6 Å². The number of aromatic nitrogens is 3. The Morgan fingerprint density at radius 3 is 2.53 bits per heavy atom. The van der Waals surface area contributed by atoms with E-state index in [1.54, 1.807) is 0 Å². The van der Waals surface area contributed by atoms with E-state index in [9.17, 15) is 0 Å². The predicted octanol–water partition coefficient (Wildman–Crippen LogP) is 2.75. The van der Waals surface area contributed by atoms with Gasteiger partial charge in [-0.15, -0.1) is 11.3 Å². The van der Waals surface area contributed by atoms with Gasteiger partial charge in [-0.2, -0.15) is 0 Å². The molecule has 17 heavy (non-hydrogen) atoms. The van der Waals surface area contributed by atoms with E-state index in [-0.39, 0.29) is 0 Å². The van der Waals surface area contributed by atoms with Crippen molar-refractivity contribution in [1.82, 2.24) is 14.5 Å². The van der Waals surface area contributed by atoms with Crippen molar-refractivity contribution in [1.29, 1.82) is 0 Å². The Labute approximate surface area is 105 Å². The van der Waals surface area contributed by atoms with E-state index in [4.69, 9.17) is 5.73 Å². The molecule has 0 radical (unpaired) electrons. The smallest absolute Gasteiger partial charge is 0.180 e. The Morgan fingerprint density at radius 2 is 2.00 bits per heavy atom. The van der Waals surface area contributed by atoms with Crippen molar-refractivity contribution < 1.29 is 0 Å². The van der Waals surface area contributed by atoms with Crippen LogP contribution in [0.4, 0.5) is 5.13 Å². The third kappa shape index (κ3) is 2.74. The lowest BCUT2D eigenvalue weighted by molar-refractivity contribution is 0.711. The lowest BCUT2D eigenvalue weighted by atomic mass is 10.2. The van der Waals surface area contributed by atoms with E-state index in [1.165, 1.54) is 11.3 Å². The van der Waals surface area contributed by atoms with Gasteiger partial charge in [-0.05, 0) is 12.2 Å². The van der Waals surface area contributed by atoms with Crippen LogP contribution in [-0.4, -0.2) is 14.5 Å². The summed E-state index contributed by atoms with van der Waals surface area (Å²) in [7, 11) is 2.01. The van der Waals surface area contributed by atoms with E-state index >= 15 is 0 Å². The van der Waals surface area contributed by atoms with Crippen molar-refractivity contribution >= 4 is 28.6 Å². The Hall–Kier alpha value is -1.62. The maximum atomic E-state index is 5.57. The number of nitrogen functional groups attached to an aromatic ring is 1. The van der Waals surface area contributed by atoms with E-state index in [2.05, 4.69) is 28.4 Å². The van der Waals surface area contributed by atoms with E-state index < -0.39 is 0 Å². The number of aryl methyl sites for hydroxylation is 1. The molecule has 5 heteroatoms. The van der Waals surface area contributed by atoms with Gasteiger partial charge in [0.05, 0.1) is 11.4 Å². The summed E-state index contributed by atoms with van der Waals surface area (Å²) < 4.78 is 2.06. The number of thiazole rings is 1. The SMILES string of the molecule is CC(C)c1nc(/C=C/c2csc(N)n2)cn1C. The second kappa shape index (κ2) is 4.71. The summed E-state index contributed by atoms with van der Waals surface area (Å²) in [6.45, 7) is 4.27. The van der Waals surface area contributed by atoms with Crippen LogP contribution in [0.1, 0.15) is 37.0 Å². The molecule has 0 aliphatic carbocycles. The van der Waals surface area contributed by atoms with Gasteiger partial charge in [-0.1, -0.05) is 13.8 Å². The lowest BCUT2D eigenvalue weighted by Gasteiger charge is -2.02. The molecule has 0 spiro atoms. The molecule has 2 aromatic rings. The first-order valence-electron chi connectivity index (χ1n) is 5.48. The number of rotatable bonds is 3. The van der Waals surface area contributed by atoms with Crippen molar-refractivity contribution in [3.63, 3.8) is 0 Å². The largest absolute Gasteiger partial charge is 0.375 e. The molecule has 2 aromatic heterocycles. The third-order valence-corrected chi connectivity index (χ3v) is 3.10. The zero-order valence-electron chi connectivity index (χ0n) is 10.2. The molecule has 2 rings (SSSR count). The van der Waals surface area contributed by atoms with E-state index in [1.807, 2.05) is 30.8 Å². The molecule has 90 valence electrons. The summed E-state index contributed by atoms with van der Waals surface area (Å²) in [5, 5.41) is 2.52. The molecule has 0 aromatic carbocycles. The van der Waals surface area contributed by atoms with Gasteiger partial charge in [-0.25, -0.2) is 9.97 Å². The van der Waals surface area contributed by atoms with Gasteiger partial charge in [0, 0.05) is 24.5 Å². The minimum Gasteiger partial charge on any atom is -0.375 e. The van der Waals surface area contributed by atoms with E-state index in [0.29, 0.717) is 11.0 Å². The van der Waals surface area contributed by atoms with Gasteiger partial charge in [0.1, 0.15) is 5.82 Å². The zero-order chi connectivity index (χ0) is 12.4. The molecule has 0 bridgehead atoms. The molecule has 0 saturated heterocycles. The summed E-state index contributed by atoms with van der Waals surface area (Å²) in [5.74, 6) is 1.51. The normalized spacial score (nSPS) is 11.8. The fourth-order valence-corrected chi connectivity index (χ4v) is 2.20. The lowest BCUT2D eigenvalue weighted by Crippen LogP contribution is -1.98.